The molecule has 0 amide bonds. The lowest BCUT2D eigenvalue weighted by molar-refractivity contribution is 0.727. The van der Waals surface area contributed by atoms with E-state index in [1.165, 1.54) is 41.0 Å². The number of anilines is 1. The number of thioether (sulfide) groups is 1. The SMILES string of the molecule is CCC1CN(c2ccc(CNC)c(Br)c2)CCS1. The molecule has 1 aromatic rings. The van der Waals surface area contributed by atoms with E-state index in [4.69, 9.17) is 0 Å². The maximum atomic E-state index is 3.68. The van der Waals surface area contributed by atoms with E-state index in [1.807, 2.05) is 7.05 Å². The summed E-state index contributed by atoms with van der Waals surface area (Å²) < 4.78 is 1.21. The van der Waals surface area contributed by atoms with Gasteiger partial charge in [0.2, 0.25) is 0 Å². The number of hydrogen-bond donors (Lipinski definition) is 1. The summed E-state index contributed by atoms with van der Waals surface area (Å²) in [5.74, 6) is 1.24. The first-order valence-corrected chi connectivity index (χ1v) is 8.38. The van der Waals surface area contributed by atoms with Gasteiger partial charge in [-0.3, -0.25) is 0 Å². The molecule has 0 saturated carbocycles. The Morgan fingerprint density at radius 3 is 3.00 bits per heavy atom. The Bertz CT molecular complexity index is 397. The number of nitrogens with one attached hydrogen (secondary N) is 1. The fourth-order valence-corrected chi connectivity index (χ4v) is 3.95. The van der Waals surface area contributed by atoms with Crippen molar-refractivity contribution >= 4 is 33.4 Å². The standard InChI is InChI=1S/C14H21BrN2S/c1-3-13-10-17(6-7-18-13)12-5-4-11(9-16-2)14(15)8-12/h4-5,8,13,16H,3,6-7,9-10H2,1-2H3. The van der Waals surface area contributed by atoms with Crippen molar-refractivity contribution in [1.29, 1.82) is 0 Å². The summed E-state index contributed by atoms with van der Waals surface area (Å²) in [5, 5.41) is 3.98. The van der Waals surface area contributed by atoms with Crippen molar-refractivity contribution < 1.29 is 0 Å². The van der Waals surface area contributed by atoms with Crippen molar-refractivity contribution in [3.05, 3.63) is 28.2 Å². The molecule has 4 heteroatoms. The summed E-state index contributed by atoms with van der Waals surface area (Å²) in [6.45, 7) is 5.54. The highest BCUT2D eigenvalue weighted by Gasteiger charge is 2.19. The first-order chi connectivity index (χ1) is 8.74. The molecule has 1 heterocycles. The van der Waals surface area contributed by atoms with Crippen LogP contribution in [0.5, 0.6) is 0 Å². The molecule has 1 aromatic carbocycles. The van der Waals surface area contributed by atoms with Crippen molar-refractivity contribution in [1.82, 2.24) is 5.32 Å². The van der Waals surface area contributed by atoms with E-state index in [0.717, 1.165) is 11.8 Å². The zero-order valence-corrected chi connectivity index (χ0v) is 13.5. The van der Waals surface area contributed by atoms with Crippen LogP contribution in [0.25, 0.3) is 0 Å². The Kier molecular flexibility index (Phi) is 5.39. The molecule has 1 atom stereocenters. The third-order valence-electron chi connectivity index (χ3n) is 3.36. The third kappa shape index (κ3) is 3.43. The summed E-state index contributed by atoms with van der Waals surface area (Å²) in [6, 6.07) is 6.73. The minimum absolute atomic E-state index is 0.787. The van der Waals surface area contributed by atoms with Crippen molar-refractivity contribution in [2.24, 2.45) is 0 Å². The molecule has 1 aliphatic heterocycles. The molecule has 18 heavy (non-hydrogen) atoms. The van der Waals surface area contributed by atoms with E-state index in [0.29, 0.717) is 0 Å². The summed E-state index contributed by atoms with van der Waals surface area (Å²) >= 11 is 5.79. The third-order valence-corrected chi connectivity index (χ3v) is 5.47. The van der Waals surface area contributed by atoms with Gasteiger partial charge in [0.1, 0.15) is 0 Å². The second kappa shape index (κ2) is 6.83. The van der Waals surface area contributed by atoms with E-state index < -0.39 is 0 Å². The highest BCUT2D eigenvalue weighted by Crippen LogP contribution is 2.29. The maximum Gasteiger partial charge on any atom is 0.0378 e. The van der Waals surface area contributed by atoms with Gasteiger partial charge >= 0.3 is 0 Å². The fraction of sp³-hybridized carbons (Fsp3) is 0.571. The van der Waals surface area contributed by atoms with Gasteiger partial charge in [-0.1, -0.05) is 28.9 Å². The molecule has 2 nitrogen and oxygen atoms in total. The van der Waals surface area contributed by atoms with Gasteiger partial charge in [0.05, 0.1) is 0 Å². The summed E-state index contributed by atoms with van der Waals surface area (Å²) in [6.07, 6.45) is 1.26. The highest BCUT2D eigenvalue weighted by atomic mass is 79.9. The van der Waals surface area contributed by atoms with Gasteiger partial charge in [-0.15, -0.1) is 0 Å². The van der Waals surface area contributed by atoms with Gasteiger partial charge in [0.25, 0.3) is 0 Å². The first-order valence-electron chi connectivity index (χ1n) is 6.54. The van der Waals surface area contributed by atoms with Crippen LogP contribution in [0.15, 0.2) is 22.7 Å². The lowest BCUT2D eigenvalue weighted by Gasteiger charge is -2.34. The lowest BCUT2D eigenvalue weighted by Crippen LogP contribution is -2.37. The summed E-state index contributed by atoms with van der Waals surface area (Å²) in [4.78, 5) is 2.51. The molecular formula is C14H21BrN2S. The van der Waals surface area contributed by atoms with Gasteiger partial charge in [-0.25, -0.2) is 0 Å². The number of rotatable bonds is 4. The predicted octanol–water partition coefficient (Wildman–Crippen LogP) is 3.50. The monoisotopic (exact) mass is 328 g/mol. The number of nitrogens with zero attached hydrogens (tertiary/aromatic N) is 1. The number of halogens is 1. The summed E-state index contributed by atoms with van der Waals surface area (Å²) in [5.41, 5.74) is 2.67. The molecule has 0 bridgehead atoms. The molecule has 1 aliphatic rings. The first kappa shape index (κ1) is 14.2. The maximum absolute atomic E-state index is 3.68. The van der Waals surface area contributed by atoms with E-state index in [9.17, 15) is 0 Å². The van der Waals surface area contributed by atoms with Gasteiger partial charge in [0.15, 0.2) is 0 Å². The number of benzene rings is 1. The number of hydrogen-bond acceptors (Lipinski definition) is 3. The molecule has 1 unspecified atom stereocenters. The van der Waals surface area contributed by atoms with Crippen molar-refractivity contribution in [2.75, 3.05) is 30.8 Å². The van der Waals surface area contributed by atoms with Crippen LogP contribution < -0.4 is 10.2 Å². The van der Waals surface area contributed by atoms with Gasteiger partial charge in [0, 0.05) is 40.8 Å². The quantitative estimate of drug-likeness (QED) is 0.910. The van der Waals surface area contributed by atoms with Gasteiger partial charge in [-0.2, -0.15) is 11.8 Å². The minimum atomic E-state index is 0.787. The molecule has 1 N–H and O–H groups in total. The summed E-state index contributed by atoms with van der Waals surface area (Å²) in [7, 11) is 1.98. The molecule has 1 fully saturated rings. The Hall–Kier alpha value is -0.190. The molecule has 100 valence electrons. The van der Waals surface area contributed by atoms with Crippen molar-refractivity contribution in [3.63, 3.8) is 0 Å². The van der Waals surface area contributed by atoms with Gasteiger partial charge < -0.3 is 10.2 Å². The predicted molar refractivity (Wildman–Crippen MR) is 85.7 cm³/mol. The molecular weight excluding hydrogens is 308 g/mol. The zero-order chi connectivity index (χ0) is 13.0. The Morgan fingerprint density at radius 2 is 2.33 bits per heavy atom. The molecule has 2 rings (SSSR count). The van der Waals surface area contributed by atoms with Crippen LogP contribution >= 0.6 is 27.7 Å². The van der Waals surface area contributed by atoms with E-state index >= 15 is 0 Å². The smallest absolute Gasteiger partial charge is 0.0378 e. The molecule has 0 aromatic heterocycles. The van der Waals surface area contributed by atoms with E-state index in [1.54, 1.807) is 0 Å². The minimum Gasteiger partial charge on any atom is -0.370 e. The van der Waals surface area contributed by atoms with Crippen LogP contribution in [0.4, 0.5) is 5.69 Å². The molecule has 1 saturated heterocycles. The Morgan fingerprint density at radius 1 is 1.50 bits per heavy atom. The van der Waals surface area contributed by atoms with Crippen LogP contribution in [0.1, 0.15) is 18.9 Å². The van der Waals surface area contributed by atoms with Crippen LogP contribution in [0.2, 0.25) is 0 Å². The highest BCUT2D eigenvalue weighted by molar-refractivity contribution is 9.10. The topological polar surface area (TPSA) is 15.3 Å². The molecule has 0 radical (unpaired) electrons. The van der Waals surface area contributed by atoms with Crippen LogP contribution in [0, 0.1) is 0 Å². The largest absolute Gasteiger partial charge is 0.370 e. The lowest BCUT2D eigenvalue weighted by atomic mass is 10.2. The van der Waals surface area contributed by atoms with Crippen LogP contribution in [-0.2, 0) is 6.54 Å². The average molecular weight is 329 g/mol. The van der Waals surface area contributed by atoms with Crippen LogP contribution in [0.3, 0.4) is 0 Å². The zero-order valence-electron chi connectivity index (χ0n) is 11.1. The molecule has 0 aliphatic carbocycles. The van der Waals surface area contributed by atoms with E-state index in [2.05, 4.69) is 63.0 Å². The van der Waals surface area contributed by atoms with Gasteiger partial charge in [-0.05, 0) is 31.2 Å². The Labute approximate surface area is 123 Å². The van der Waals surface area contributed by atoms with Crippen molar-refractivity contribution in [2.45, 2.75) is 25.1 Å². The molecule has 0 spiro atoms. The Balaban J connectivity index is 2.10. The normalized spacial score (nSPS) is 20.2. The second-order valence-corrected chi connectivity index (χ2v) is 6.92. The van der Waals surface area contributed by atoms with Crippen LogP contribution in [-0.4, -0.2) is 31.1 Å². The van der Waals surface area contributed by atoms with E-state index in [-0.39, 0.29) is 0 Å². The second-order valence-electron chi connectivity index (χ2n) is 4.65. The average Bonchev–Trinajstić information content (AvgIpc) is 2.41. The van der Waals surface area contributed by atoms with Crippen molar-refractivity contribution in [3.8, 4) is 0 Å². The fourth-order valence-electron chi connectivity index (χ4n) is 2.27.